The third kappa shape index (κ3) is 5.20. The van der Waals surface area contributed by atoms with E-state index in [1.54, 1.807) is 0 Å². The lowest BCUT2D eigenvalue weighted by Crippen LogP contribution is -2.53. The molecular weight excluding hydrogens is 314 g/mol. The number of carbonyl (C=O) groups excluding carboxylic acids is 1. The first-order valence-corrected chi connectivity index (χ1v) is 9.06. The van der Waals surface area contributed by atoms with Gasteiger partial charge < -0.3 is 9.64 Å². The first-order chi connectivity index (χ1) is 11.9. The molecule has 1 saturated heterocycles. The Morgan fingerprint density at radius 1 is 1.12 bits per heavy atom. The summed E-state index contributed by atoms with van der Waals surface area (Å²) in [5.74, 6) is 1.51. The lowest BCUT2D eigenvalue weighted by molar-refractivity contribution is -0.135. The summed E-state index contributed by atoms with van der Waals surface area (Å²) >= 11 is 0. The fourth-order valence-electron chi connectivity index (χ4n) is 3.09. The molecule has 5 heteroatoms. The molecule has 0 radical (unpaired) electrons. The van der Waals surface area contributed by atoms with Gasteiger partial charge in [-0.15, -0.1) is 0 Å². The summed E-state index contributed by atoms with van der Waals surface area (Å²) in [5.41, 5.74) is 1.26. The predicted molar refractivity (Wildman–Crippen MR) is 98.4 cm³/mol. The maximum atomic E-state index is 12.3. The molecule has 1 heterocycles. The van der Waals surface area contributed by atoms with E-state index in [1.165, 1.54) is 5.56 Å². The first kappa shape index (κ1) is 19.3. The summed E-state index contributed by atoms with van der Waals surface area (Å²) in [5, 5.41) is 9.30. The van der Waals surface area contributed by atoms with E-state index in [1.807, 2.05) is 29.2 Å². The number of nitrogens with zero attached hydrogens (tertiary/aromatic N) is 3. The molecule has 2 rings (SSSR count). The van der Waals surface area contributed by atoms with Crippen LogP contribution in [0, 0.1) is 17.2 Å². The van der Waals surface area contributed by atoms with E-state index in [0.29, 0.717) is 24.9 Å². The van der Waals surface area contributed by atoms with E-state index in [0.717, 1.165) is 18.8 Å². The zero-order valence-corrected chi connectivity index (χ0v) is 15.7. The highest BCUT2D eigenvalue weighted by atomic mass is 16.5. The Hall–Kier alpha value is -2.06. The molecule has 1 amide bonds. The molecule has 0 aromatic heterocycles. The van der Waals surface area contributed by atoms with Gasteiger partial charge >= 0.3 is 0 Å². The number of piperazine rings is 1. The quantitative estimate of drug-likeness (QED) is 0.797. The van der Waals surface area contributed by atoms with Crippen molar-refractivity contribution in [3.05, 3.63) is 29.8 Å². The number of nitriles is 1. The van der Waals surface area contributed by atoms with Gasteiger partial charge in [-0.05, 0) is 29.5 Å². The van der Waals surface area contributed by atoms with Crippen LogP contribution in [0.1, 0.15) is 39.2 Å². The largest absolute Gasteiger partial charge is 0.484 e. The van der Waals surface area contributed by atoms with Gasteiger partial charge in [0.05, 0.1) is 6.07 Å². The number of amides is 1. The third-order valence-electron chi connectivity index (χ3n) is 4.73. The Balaban J connectivity index is 1.80. The number of benzene rings is 1. The topological polar surface area (TPSA) is 56.6 Å². The molecule has 0 spiro atoms. The van der Waals surface area contributed by atoms with Crippen LogP contribution >= 0.6 is 0 Å². The lowest BCUT2D eigenvalue weighted by atomic mass is 10.0. The molecule has 1 unspecified atom stereocenters. The molecule has 136 valence electrons. The summed E-state index contributed by atoms with van der Waals surface area (Å²) < 4.78 is 5.63. The SMILES string of the molecule is CC(C)c1ccc(OCC(=O)N2CCN(C(C#N)C(C)C)CC2)cc1. The van der Waals surface area contributed by atoms with Crippen molar-refractivity contribution in [2.75, 3.05) is 32.8 Å². The number of hydrogen-bond acceptors (Lipinski definition) is 4. The fraction of sp³-hybridized carbons (Fsp3) is 0.600. The van der Waals surface area contributed by atoms with Crippen molar-refractivity contribution < 1.29 is 9.53 Å². The lowest BCUT2D eigenvalue weighted by Gasteiger charge is -2.38. The molecule has 0 bridgehead atoms. The van der Waals surface area contributed by atoms with Crippen LogP contribution in [0.25, 0.3) is 0 Å². The van der Waals surface area contributed by atoms with Gasteiger partial charge in [0.15, 0.2) is 6.61 Å². The van der Waals surface area contributed by atoms with Crippen LogP contribution in [0.3, 0.4) is 0 Å². The van der Waals surface area contributed by atoms with E-state index in [9.17, 15) is 10.1 Å². The minimum absolute atomic E-state index is 0.00522. The van der Waals surface area contributed by atoms with Crippen LogP contribution in [0.15, 0.2) is 24.3 Å². The van der Waals surface area contributed by atoms with Gasteiger partial charge in [-0.25, -0.2) is 0 Å². The first-order valence-electron chi connectivity index (χ1n) is 9.06. The van der Waals surface area contributed by atoms with Crippen LogP contribution in [0.2, 0.25) is 0 Å². The van der Waals surface area contributed by atoms with Gasteiger partial charge in [-0.3, -0.25) is 9.69 Å². The smallest absolute Gasteiger partial charge is 0.260 e. The molecule has 1 atom stereocenters. The average Bonchev–Trinajstić information content (AvgIpc) is 2.61. The van der Waals surface area contributed by atoms with Gasteiger partial charge in [0.25, 0.3) is 5.91 Å². The molecule has 0 N–H and O–H groups in total. The molecule has 1 aromatic carbocycles. The van der Waals surface area contributed by atoms with E-state index < -0.39 is 0 Å². The number of rotatable bonds is 6. The van der Waals surface area contributed by atoms with E-state index >= 15 is 0 Å². The Morgan fingerprint density at radius 3 is 2.20 bits per heavy atom. The average molecular weight is 343 g/mol. The van der Waals surface area contributed by atoms with Crippen LogP contribution in [-0.2, 0) is 4.79 Å². The minimum atomic E-state index is -0.0760. The predicted octanol–water partition coefficient (Wildman–Crippen LogP) is 2.88. The summed E-state index contributed by atoms with van der Waals surface area (Å²) in [6.07, 6.45) is 0. The Morgan fingerprint density at radius 2 is 1.72 bits per heavy atom. The van der Waals surface area contributed by atoms with Crippen molar-refractivity contribution in [3.8, 4) is 11.8 Å². The van der Waals surface area contributed by atoms with Crippen LogP contribution in [0.5, 0.6) is 5.75 Å². The normalized spacial score (nSPS) is 16.8. The zero-order chi connectivity index (χ0) is 18.4. The van der Waals surface area contributed by atoms with E-state index in [-0.39, 0.29) is 18.6 Å². The second kappa shape index (κ2) is 8.87. The number of carbonyl (C=O) groups is 1. The summed E-state index contributed by atoms with van der Waals surface area (Å²) in [4.78, 5) is 16.3. The summed E-state index contributed by atoms with van der Waals surface area (Å²) in [6, 6.07) is 10.2. The van der Waals surface area contributed by atoms with Crippen molar-refractivity contribution >= 4 is 5.91 Å². The maximum Gasteiger partial charge on any atom is 0.260 e. The van der Waals surface area contributed by atoms with Gasteiger partial charge in [0.2, 0.25) is 0 Å². The summed E-state index contributed by atoms with van der Waals surface area (Å²) in [7, 11) is 0. The molecule has 1 aromatic rings. The molecule has 0 aliphatic carbocycles. The van der Waals surface area contributed by atoms with Crippen molar-refractivity contribution in [2.24, 2.45) is 5.92 Å². The van der Waals surface area contributed by atoms with E-state index in [2.05, 4.69) is 38.7 Å². The van der Waals surface area contributed by atoms with E-state index in [4.69, 9.17) is 4.74 Å². The van der Waals surface area contributed by atoms with Gasteiger partial charge in [0.1, 0.15) is 11.8 Å². The van der Waals surface area contributed by atoms with Gasteiger partial charge in [-0.1, -0.05) is 39.8 Å². The Bertz CT molecular complexity index is 596. The Labute approximate surface area is 151 Å². The van der Waals surface area contributed by atoms with Crippen molar-refractivity contribution in [3.63, 3.8) is 0 Å². The zero-order valence-electron chi connectivity index (χ0n) is 15.7. The molecule has 1 aliphatic heterocycles. The highest BCUT2D eigenvalue weighted by Crippen LogP contribution is 2.19. The molecular formula is C20H29N3O2. The molecule has 5 nitrogen and oxygen atoms in total. The third-order valence-corrected chi connectivity index (χ3v) is 4.73. The standard InChI is InChI=1S/C20H29N3O2/c1-15(2)17-5-7-18(8-6-17)25-14-20(24)23-11-9-22(10-12-23)19(13-21)16(3)4/h5-8,15-16,19H,9-12,14H2,1-4H3. The number of hydrogen-bond donors (Lipinski definition) is 0. The monoisotopic (exact) mass is 343 g/mol. The Kier molecular flexibility index (Phi) is 6.83. The second-order valence-corrected chi connectivity index (χ2v) is 7.25. The van der Waals surface area contributed by atoms with Crippen LogP contribution in [0.4, 0.5) is 0 Å². The molecule has 1 aliphatic rings. The van der Waals surface area contributed by atoms with Crippen molar-refractivity contribution in [1.29, 1.82) is 5.26 Å². The van der Waals surface area contributed by atoms with Crippen LogP contribution < -0.4 is 4.74 Å². The highest BCUT2D eigenvalue weighted by molar-refractivity contribution is 5.77. The van der Waals surface area contributed by atoms with Crippen molar-refractivity contribution in [1.82, 2.24) is 9.80 Å². The second-order valence-electron chi connectivity index (χ2n) is 7.25. The molecule has 0 saturated carbocycles. The highest BCUT2D eigenvalue weighted by Gasteiger charge is 2.27. The summed E-state index contributed by atoms with van der Waals surface area (Å²) in [6.45, 7) is 11.3. The van der Waals surface area contributed by atoms with Gasteiger partial charge in [-0.2, -0.15) is 5.26 Å². The molecule has 1 fully saturated rings. The maximum absolute atomic E-state index is 12.3. The van der Waals surface area contributed by atoms with Crippen molar-refractivity contribution in [2.45, 2.75) is 39.7 Å². The van der Waals surface area contributed by atoms with Crippen LogP contribution in [-0.4, -0.2) is 54.5 Å². The number of ether oxygens (including phenoxy) is 1. The molecule has 25 heavy (non-hydrogen) atoms. The fourth-order valence-corrected chi connectivity index (χ4v) is 3.09. The minimum Gasteiger partial charge on any atom is -0.484 e. The van der Waals surface area contributed by atoms with Gasteiger partial charge in [0, 0.05) is 26.2 Å².